The van der Waals surface area contributed by atoms with Gasteiger partial charge >= 0.3 is 5.97 Å². The fourth-order valence-electron chi connectivity index (χ4n) is 2.63. The second-order valence-corrected chi connectivity index (χ2v) is 7.63. The van der Waals surface area contributed by atoms with Crippen LogP contribution in [0.2, 0.25) is 0 Å². The molecule has 2 aromatic heterocycles. The average molecular weight is 404 g/mol. The highest BCUT2D eigenvalue weighted by Gasteiger charge is 2.19. The van der Waals surface area contributed by atoms with Gasteiger partial charge in [0.25, 0.3) is 0 Å². The number of ketones is 1. The molecule has 0 aliphatic rings. The SMILES string of the molecule is Cc1cc(C(=O)COC(=O)CSc2ccccc2F)c(C)n1-c1nccs1. The van der Waals surface area contributed by atoms with Crippen molar-refractivity contribution in [3.05, 3.63) is 64.7 Å². The number of hydrogen-bond acceptors (Lipinski definition) is 6. The average Bonchev–Trinajstić information content (AvgIpc) is 3.26. The maximum absolute atomic E-state index is 13.5. The van der Waals surface area contributed by atoms with Crippen molar-refractivity contribution in [2.45, 2.75) is 18.7 Å². The van der Waals surface area contributed by atoms with Crippen molar-refractivity contribution in [3.8, 4) is 5.13 Å². The Kier molecular flexibility index (Phi) is 6.08. The Bertz CT molecular complexity index is 968. The number of hydrogen-bond donors (Lipinski definition) is 0. The van der Waals surface area contributed by atoms with Crippen LogP contribution in [0.15, 0.2) is 46.8 Å². The van der Waals surface area contributed by atoms with Gasteiger partial charge < -0.3 is 4.74 Å². The lowest BCUT2D eigenvalue weighted by Crippen LogP contribution is -2.16. The molecule has 0 fully saturated rings. The molecule has 0 aliphatic carbocycles. The molecule has 0 aliphatic heterocycles. The summed E-state index contributed by atoms with van der Waals surface area (Å²) in [6, 6.07) is 7.96. The number of carbonyl (C=O) groups excluding carboxylic acids is 2. The van der Waals surface area contributed by atoms with Crippen LogP contribution in [0.25, 0.3) is 5.13 Å². The third kappa shape index (κ3) is 4.45. The number of carbonyl (C=O) groups is 2. The molecule has 1 aromatic carbocycles. The monoisotopic (exact) mass is 404 g/mol. The highest BCUT2D eigenvalue weighted by Crippen LogP contribution is 2.23. The molecule has 5 nitrogen and oxygen atoms in total. The van der Waals surface area contributed by atoms with Crippen LogP contribution in [0.5, 0.6) is 0 Å². The Morgan fingerprint density at radius 2 is 2.07 bits per heavy atom. The summed E-state index contributed by atoms with van der Waals surface area (Å²) in [5.74, 6) is -1.30. The molecule has 0 amide bonds. The smallest absolute Gasteiger partial charge is 0.316 e. The van der Waals surface area contributed by atoms with Crippen LogP contribution >= 0.6 is 23.1 Å². The minimum Gasteiger partial charge on any atom is -0.457 e. The summed E-state index contributed by atoms with van der Waals surface area (Å²) in [5.41, 5.74) is 2.13. The number of esters is 1. The largest absolute Gasteiger partial charge is 0.457 e. The Morgan fingerprint density at radius 3 is 2.78 bits per heavy atom. The fraction of sp³-hybridized carbons (Fsp3) is 0.211. The number of nitrogens with zero attached hydrogens (tertiary/aromatic N) is 2. The van der Waals surface area contributed by atoms with Gasteiger partial charge in [-0.05, 0) is 32.0 Å². The van der Waals surface area contributed by atoms with E-state index in [0.717, 1.165) is 28.3 Å². The van der Waals surface area contributed by atoms with Gasteiger partial charge in [-0.1, -0.05) is 12.1 Å². The van der Waals surface area contributed by atoms with Crippen LogP contribution in [0.1, 0.15) is 21.7 Å². The normalized spacial score (nSPS) is 10.8. The summed E-state index contributed by atoms with van der Waals surface area (Å²) in [6.45, 7) is 3.37. The minimum atomic E-state index is -0.565. The maximum atomic E-state index is 13.5. The van der Waals surface area contributed by atoms with E-state index >= 15 is 0 Å². The predicted molar refractivity (Wildman–Crippen MR) is 103 cm³/mol. The van der Waals surface area contributed by atoms with Crippen molar-refractivity contribution in [2.75, 3.05) is 12.4 Å². The summed E-state index contributed by atoms with van der Waals surface area (Å²) in [7, 11) is 0. The molecule has 0 spiro atoms. The first-order valence-corrected chi connectivity index (χ1v) is 9.99. The third-order valence-corrected chi connectivity index (χ3v) is 5.67. The zero-order valence-electron chi connectivity index (χ0n) is 14.8. The molecule has 0 saturated carbocycles. The van der Waals surface area contributed by atoms with E-state index in [2.05, 4.69) is 4.98 Å². The molecule has 0 saturated heterocycles. The van der Waals surface area contributed by atoms with Crippen LogP contribution in [0.4, 0.5) is 4.39 Å². The second-order valence-electron chi connectivity index (χ2n) is 5.74. The quantitative estimate of drug-likeness (QED) is 0.335. The van der Waals surface area contributed by atoms with E-state index in [-0.39, 0.29) is 24.0 Å². The van der Waals surface area contributed by atoms with E-state index in [4.69, 9.17) is 4.74 Å². The topological polar surface area (TPSA) is 61.2 Å². The lowest BCUT2D eigenvalue weighted by molar-refractivity contribution is -0.139. The maximum Gasteiger partial charge on any atom is 0.316 e. The number of aromatic nitrogens is 2. The van der Waals surface area contributed by atoms with Gasteiger partial charge in [0.1, 0.15) is 5.82 Å². The summed E-state index contributed by atoms with van der Waals surface area (Å²) in [6.07, 6.45) is 1.70. The summed E-state index contributed by atoms with van der Waals surface area (Å²) in [4.78, 5) is 29.0. The minimum absolute atomic E-state index is 0.0631. The van der Waals surface area contributed by atoms with Crippen molar-refractivity contribution in [1.82, 2.24) is 9.55 Å². The van der Waals surface area contributed by atoms with E-state index in [1.165, 1.54) is 17.4 Å². The Balaban J connectivity index is 1.59. The highest BCUT2D eigenvalue weighted by atomic mass is 32.2. The van der Waals surface area contributed by atoms with Gasteiger partial charge in [-0.25, -0.2) is 9.37 Å². The van der Waals surface area contributed by atoms with Crippen molar-refractivity contribution < 1.29 is 18.7 Å². The second kappa shape index (κ2) is 8.49. The first kappa shape index (κ1) is 19.3. The van der Waals surface area contributed by atoms with Crippen LogP contribution in [0.3, 0.4) is 0 Å². The first-order chi connectivity index (χ1) is 13.0. The number of benzene rings is 1. The molecule has 140 valence electrons. The lowest BCUT2D eigenvalue weighted by Gasteiger charge is -2.06. The molecular weight excluding hydrogens is 387 g/mol. The van der Waals surface area contributed by atoms with Gasteiger partial charge in [0.05, 0.1) is 5.75 Å². The van der Waals surface area contributed by atoms with Gasteiger partial charge in [-0.2, -0.15) is 0 Å². The van der Waals surface area contributed by atoms with Crippen LogP contribution in [0, 0.1) is 19.7 Å². The number of thioether (sulfide) groups is 1. The number of aryl methyl sites for hydroxylation is 1. The predicted octanol–water partition coefficient (Wildman–Crippen LogP) is 4.21. The standard InChI is InChI=1S/C19H17FN2O3S2/c1-12-9-14(13(2)22(12)19-21-7-8-26-19)16(23)10-25-18(24)11-27-17-6-4-3-5-15(17)20/h3-9H,10-11H2,1-2H3. The van der Waals surface area contributed by atoms with Gasteiger partial charge in [0, 0.05) is 33.4 Å². The van der Waals surface area contributed by atoms with E-state index < -0.39 is 5.97 Å². The van der Waals surface area contributed by atoms with Crippen LogP contribution in [-0.4, -0.2) is 33.7 Å². The molecule has 3 rings (SSSR count). The van der Waals surface area contributed by atoms with Crippen LogP contribution < -0.4 is 0 Å². The summed E-state index contributed by atoms with van der Waals surface area (Å²) < 4.78 is 20.5. The van der Waals surface area contributed by atoms with Gasteiger partial charge in [-0.3, -0.25) is 14.2 Å². The fourth-order valence-corrected chi connectivity index (χ4v) is 4.12. The number of halogens is 1. The summed E-state index contributed by atoms with van der Waals surface area (Å²) in [5, 5.41) is 2.65. The third-order valence-electron chi connectivity index (χ3n) is 3.89. The number of Topliss-reactive ketones (excluding diaryl/α,β-unsaturated/α-hetero) is 1. The van der Waals surface area contributed by atoms with E-state index in [9.17, 15) is 14.0 Å². The molecule has 0 unspecified atom stereocenters. The molecule has 0 bridgehead atoms. The first-order valence-electron chi connectivity index (χ1n) is 8.12. The van der Waals surface area contributed by atoms with Gasteiger partial charge in [0.15, 0.2) is 11.7 Å². The van der Waals surface area contributed by atoms with E-state index in [0.29, 0.717) is 10.5 Å². The zero-order valence-corrected chi connectivity index (χ0v) is 16.4. The number of thiazole rings is 1. The van der Waals surface area contributed by atoms with Gasteiger partial charge in [0.2, 0.25) is 5.78 Å². The molecule has 0 N–H and O–H groups in total. The molecule has 2 heterocycles. The molecule has 8 heteroatoms. The molecule has 27 heavy (non-hydrogen) atoms. The Labute approximate surface area is 164 Å². The molecule has 0 atom stereocenters. The van der Waals surface area contributed by atoms with E-state index in [1.54, 1.807) is 30.5 Å². The Morgan fingerprint density at radius 1 is 1.30 bits per heavy atom. The van der Waals surface area contributed by atoms with E-state index in [1.807, 2.05) is 23.8 Å². The number of rotatable bonds is 7. The molecular formula is C19H17FN2O3S2. The van der Waals surface area contributed by atoms with Crippen molar-refractivity contribution >= 4 is 34.9 Å². The van der Waals surface area contributed by atoms with Crippen LogP contribution in [-0.2, 0) is 9.53 Å². The lowest BCUT2D eigenvalue weighted by atomic mass is 10.1. The molecule has 3 aromatic rings. The van der Waals surface area contributed by atoms with Crippen molar-refractivity contribution in [3.63, 3.8) is 0 Å². The summed E-state index contributed by atoms with van der Waals surface area (Å²) >= 11 is 2.51. The number of ether oxygens (including phenoxy) is 1. The highest BCUT2D eigenvalue weighted by molar-refractivity contribution is 8.00. The molecule has 0 radical (unpaired) electrons. The van der Waals surface area contributed by atoms with Crippen molar-refractivity contribution in [2.24, 2.45) is 0 Å². The van der Waals surface area contributed by atoms with Crippen molar-refractivity contribution in [1.29, 1.82) is 0 Å². The Hall–Kier alpha value is -2.45. The van der Waals surface area contributed by atoms with Gasteiger partial charge in [-0.15, -0.1) is 23.1 Å². The zero-order chi connectivity index (χ0) is 19.4.